The third kappa shape index (κ3) is 3.76. The van der Waals surface area contributed by atoms with Gasteiger partial charge in [0.1, 0.15) is 5.82 Å². The average molecular weight is 345 g/mol. The number of nitrogens with zero attached hydrogens (tertiary/aromatic N) is 2. The molecule has 3 rings (SSSR count). The zero-order valence-electron chi connectivity index (χ0n) is 14.1. The summed E-state index contributed by atoms with van der Waals surface area (Å²) in [6.45, 7) is 6.07. The maximum absolute atomic E-state index is 12.5. The molecule has 128 valence electrons. The summed E-state index contributed by atoms with van der Waals surface area (Å²) in [4.78, 5) is 6.97. The van der Waals surface area contributed by atoms with Gasteiger partial charge >= 0.3 is 0 Å². The van der Waals surface area contributed by atoms with Crippen LogP contribution in [0.3, 0.4) is 0 Å². The molecule has 0 atom stereocenters. The third-order valence-electron chi connectivity index (χ3n) is 4.33. The molecule has 24 heavy (non-hydrogen) atoms. The predicted octanol–water partition coefficient (Wildman–Crippen LogP) is 2.78. The predicted molar refractivity (Wildman–Crippen MR) is 95.6 cm³/mol. The van der Waals surface area contributed by atoms with E-state index in [9.17, 15) is 8.42 Å². The lowest BCUT2D eigenvalue weighted by Gasteiger charge is -2.17. The van der Waals surface area contributed by atoms with Crippen molar-refractivity contribution < 1.29 is 8.42 Å². The summed E-state index contributed by atoms with van der Waals surface area (Å²) in [5, 5.41) is 0. The van der Waals surface area contributed by atoms with Crippen molar-refractivity contribution in [3.8, 4) is 0 Å². The number of benzene rings is 1. The molecule has 1 aliphatic heterocycles. The molecule has 0 amide bonds. The highest BCUT2D eigenvalue weighted by molar-refractivity contribution is 7.89. The number of aryl methyl sites for hydroxylation is 2. The average Bonchev–Trinajstić information content (AvgIpc) is 3.07. The van der Waals surface area contributed by atoms with E-state index in [4.69, 9.17) is 0 Å². The molecule has 0 bridgehead atoms. The lowest BCUT2D eigenvalue weighted by atomic mass is 10.2. The van der Waals surface area contributed by atoms with Crippen LogP contribution in [0.15, 0.2) is 41.4 Å². The molecule has 1 aromatic heterocycles. The van der Waals surface area contributed by atoms with E-state index in [2.05, 4.69) is 14.6 Å². The van der Waals surface area contributed by atoms with Crippen molar-refractivity contribution in [1.82, 2.24) is 9.71 Å². The highest BCUT2D eigenvalue weighted by Gasteiger charge is 2.17. The fourth-order valence-electron chi connectivity index (χ4n) is 3.05. The minimum absolute atomic E-state index is 0.263. The van der Waals surface area contributed by atoms with E-state index in [1.807, 2.05) is 38.1 Å². The van der Waals surface area contributed by atoms with E-state index in [0.717, 1.165) is 35.6 Å². The van der Waals surface area contributed by atoms with Gasteiger partial charge in [-0.05, 0) is 56.0 Å². The van der Waals surface area contributed by atoms with Crippen molar-refractivity contribution in [1.29, 1.82) is 0 Å². The maximum Gasteiger partial charge on any atom is 0.241 e. The van der Waals surface area contributed by atoms with Crippen molar-refractivity contribution in [2.75, 3.05) is 18.0 Å². The van der Waals surface area contributed by atoms with Crippen molar-refractivity contribution in [3.63, 3.8) is 0 Å². The Morgan fingerprint density at radius 1 is 1.12 bits per heavy atom. The lowest BCUT2D eigenvalue weighted by molar-refractivity contribution is 0.580. The van der Waals surface area contributed by atoms with Crippen LogP contribution in [-0.4, -0.2) is 26.5 Å². The van der Waals surface area contributed by atoms with Crippen molar-refractivity contribution in [2.45, 2.75) is 38.1 Å². The summed E-state index contributed by atoms with van der Waals surface area (Å²) < 4.78 is 27.8. The molecule has 1 N–H and O–H groups in total. The molecule has 1 saturated heterocycles. The Morgan fingerprint density at radius 3 is 2.58 bits per heavy atom. The maximum atomic E-state index is 12.5. The Balaban J connectivity index is 1.73. The Bertz CT molecular complexity index is 828. The molecule has 0 saturated carbocycles. The van der Waals surface area contributed by atoms with Gasteiger partial charge in [0, 0.05) is 25.8 Å². The molecule has 1 aromatic carbocycles. The standard InChI is InChI=1S/C18H23N3O2S/c1-14-5-6-17(15(2)11-14)24(22,23)20-13-16-7-8-19-18(12-16)21-9-3-4-10-21/h5-8,11-12,20H,3-4,9-10,13H2,1-2H3. The zero-order valence-corrected chi connectivity index (χ0v) is 14.9. The second-order valence-electron chi connectivity index (χ2n) is 6.31. The Morgan fingerprint density at radius 2 is 1.88 bits per heavy atom. The minimum atomic E-state index is -3.52. The topological polar surface area (TPSA) is 62.3 Å². The fourth-order valence-corrected chi connectivity index (χ4v) is 4.29. The van der Waals surface area contributed by atoms with Gasteiger partial charge in [0.15, 0.2) is 0 Å². The quantitative estimate of drug-likeness (QED) is 0.905. The van der Waals surface area contributed by atoms with Gasteiger partial charge in [-0.1, -0.05) is 17.7 Å². The van der Waals surface area contributed by atoms with Gasteiger partial charge in [-0.3, -0.25) is 0 Å². The van der Waals surface area contributed by atoms with Crippen LogP contribution in [0.2, 0.25) is 0 Å². The van der Waals surface area contributed by atoms with E-state index in [1.54, 1.807) is 12.3 Å². The van der Waals surface area contributed by atoms with Gasteiger partial charge < -0.3 is 4.90 Å². The van der Waals surface area contributed by atoms with Crippen LogP contribution in [0, 0.1) is 13.8 Å². The molecule has 6 heteroatoms. The van der Waals surface area contributed by atoms with E-state index < -0.39 is 10.0 Å². The summed E-state index contributed by atoms with van der Waals surface area (Å²) in [7, 11) is -3.52. The van der Waals surface area contributed by atoms with Crippen LogP contribution in [0.25, 0.3) is 0 Å². The zero-order chi connectivity index (χ0) is 17.2. The number of pyridine rings is 1. The van der Waals surface area contributed by atoms with Crippen LogP contribution in [0.5, 0.6) is 0 Å². The Labute approximate surface area is 143 Å². The molecule has 2 heterocycles. The second kappa shape index (κ2) is 6.91. The molecule has 0 radical (unpaired) electrons. The molecular weight excluding hydrogens is 322 g/mol. The summed E-state index contributed by atoms with van der Waals surface area (Å²) in [5.74, 6) is 0.927. The first kappa shape index (κ1) is 16.9. The van der Waals surface area contributed by atoms with Crippen LogP contribution < -0.4 is 9.62 Å². The Hall–Kier alpha value is -1.92. The van der Waals surface area contributed by atoms with Gasteiger partial charge in [-0.2, -0.15) is 0 Å². The lowest BCUT2D eigenvalue weighted by Crippen LogP contribution is -2.24. The van der Waals surface area contributed by atoms with Crippen LogP contribution in [-0.2, 0) is 16.6 Å². The van der Waals surface area contributed by atoms with Gasteiger partial charge in [0.05, 0.1) is 4.90 Å². The number of aromatic nitrogens is 1. The number of nitrogens with one attached hydrogen (secondary N) is 1. The minimum Gasteiger partial charge on any atom is -0.357 e. The van der Waals surface area contributed by atoms with Crippen molar-refractivity contribution in [3.05, 3.63) is 53.2 Å². The summed E-state index contributed by atoms with van der Waals surface area (Å²) in [6, 6.07) is 9.18. The number of hydrogen-bond donors (Lipinski definition) is 1. The first-order valence-corrected chi connectivity index (χ1v) is 9.71. The molecular formula is C18H23N3O2S. The summed E-state index contributed by atoms with van der Waals surface area (Å²) in [6.07, 6.45) is 4.12. The van der Waals surface area contributed by atoms with Crippen LogP contribution >= 0.6 is 0 Å². The van der Waals surface area contributed by atoms with Crippen LogP contribution in [0.4, 0.5) is 5.82 Å². The summed E-state index contributed by atoms with van der Waals surface area (Å²) >= 11 is 0. The number of hydrogen-bond acceptors (Lipinski definition) is 4. The van der Waals surface area contributed by atoms with Gasteiger partial charge in [-0.25, -0.2) is 18.1 Å². The molecule has 1 fully saturated rings. The van der Waals surface area contributed by atoms with Gasteiger partial charge in [0.25, 0.3) is 0 Å². The normalized spacial score (nSPS) is 15.0. The third-order valence-corrected chi connectivity index (χ3v) is 5.89. The largest absolute Gasteiger partial charge is 0.357 e. The highest BCUT2D eigenvalue weighted by Crippen LogP contribution is 2.20. The molecule has 1 aliphatic rings. The number of sulfonamides is 1. The van der Waals surface area contributed by atoms with Crippen molar-refractivity contribution >= 4 is 15.8 Å². The number of rotatable bonds is 5. The monoisotopic (exact) mass is 345 g/mol. The van der Waals surface area contributed by atoms with Gasteiger partial charge in [0.2, 0.25) is 10.0 Å². The number of anilines is 1. The molecule has 0 aliphatic carbocycles. The molecule has 0 unspecified atom stereocenters. The highest BCUT2D eigenvalue weighted by atomic mass is 32.2. The van der Waals surface area contributed by atoms with Crippen LogP contribution in [0.1, 0.15) is 29.5 Å². The summed E-state index contributed by atoms with van der Waals surface area (Å²) in [5.41, 5.74) is 2.73. The molecule has 0 spiro atoms. The second-order valence-corrected chi connectivity index (χ2v) is 8.05. The van der Waals surface area contributed by atoms with E-state index in [0.29, 0.717) is 4.90 Å². The van der Waals surface area contributed by atoms with E-state index in [1.165, 1.54) is 12.8 Å². The first-order chi connectivity index (χ1) is 11.5. The fraction of sp³-hybridized carbons (Fsp3) is 0.389. The molecule has 5 nitrogen and oxygen atoms in total. The molecule has 2 aromatic rings. The van der Waals surface area contributed by atoms with Crippen molar-refractivity contribution in [2.24, 2.45) is 0 Å². The van der Waals surface area contributed by atoms with E-state index in [-0.39, 0.29) is 6.54 Å². The van der Waals surface area contributed by atoms with E-state index >= 15 is 0 Å². The first-order valence-electron chi connectivity index (χ1n) is 8.22. The van der Waals surface area contributed by atoms with Gasteiger partial charge in [-0.15, -0.1) is 0 Å². The Kier molecular flexibility index (Phi) is 4.87. The smallest absolute Gasteiger partial charge is 0.241 e. The SMILES string of the molecule is Cc1ccc(S(=O)(=O)NCc2ccnc(N3CCCC3)c2)c(C)c1.